The van der Waals surface area contributed by atoms with Crippen LogP contribution in [0.5, 0.6) is 5.75 Å². The zero-order valence-corrected chi connectivity index (χ0v) is 18.7. The van der Waals surface area contributed by atoms with Crippen LogP contribution >= 0.6 is 11.6 Å². The molecule has 0 aliphatic heterocycles. The van der Waals surface area contributed by atoms with Gasteiger partial charge in [-0.2, -0.15) is 0 Å². The molecule has 0 radical (unpaired) electrons. The van der Waals surface area contributed by atoms with Crippen LogP contribution in [0.25, 0.3) is 0 Å². The van der Waals surface area contributed by atoms with Crippen molar-refractivity contribution in [2.75, 3.05) is 18.0 Å². The highest BCUT2D eigenvalue weighted by Gasteiger charge is 2.30. The summed E-state index contributed by atoms with van der Waals surface area (Å²) < 4.78 is 33.4. The van der Waals surface area contributed by atoms with E-state index in [4.69, 9.17) is 16.3 Å². The number of aryl methyl sites for hydroxylation is 1. The smallest absolute Gasteiger partial charge is 0.268 e. The molecule has 0 aromatic heterocycles. The second-order valence-corrected chi connectivity index (χ2v) is 9.17. The first-order valence-corrected chi connectivity index (χ1v) is 11.2. The van der Waals surface area contributed by atoms with Crippen molar-refractivity contribution >= 4 is 33.2 Å². The van der Waals surface area contributed by atoms with E-state index in [2.05, 4.69) is 5.32 Å². The number of nitrogens with zero attached hydrogens (tertiary/aromatic N) is 1. The van der Waals surface area contributed by atoms with Crippen molar-refractivity contribution in [3.8, 4) is 5.75 Å². The molecule has 29 heavy (non-hydrogen) atoms. The lowest BCUT2D eigenvalue weighted by molar-refractivity contribution is -0.120. The number of hydrogen-bond donors (Lipinski definition) is 1. The fourth-order valence-electron chi connectivity index (χ4n) is 2.98. The lowest BCUT2D eigenvalue weighted by Crippen LogP contribution is -2.43. The highest BCUT2D eigenvalue weighted by atomic mass is 35.5. The molecule has 1 amide bonds. The standard InChI is InChI=1S/C21H27ClN2O4S/c1-5-6-16(3)23-21(25)14-24(18-10-8-17(22)9-11-18)29(26,27)20-13-15(2)7-12-19(20)28-4/h7-13,16H,5-6,14H2,1-4H3,(H,23,25)/t16-/m0/s1. The molecule has 0 saturated carbocycles. The topological polar surface area (TPSA) is 75.7 Å². The molecular formula is C21H27ClN2O4S. The highest BCUT2D eigenvalue weighted by molar-refractivity contribution is 7.93. The van der Waals surface area contributed by atoms with E-state index in [1.165, 1.54) is 13.2 Å². The Hall–Kier alpha value is -2.25. The van der Waals surface area contributed by atoms with Gasteiger partial charge in [-0.1, -0.05) is 31.0 Å². The molecular weight excluding hydrogens is 412 g/mol. The van der Waals surface area contributed by atoms with Gasteiger partial charge in [0.25, 0.3) is 10.0 Å². The van der Waals surface area contributed by atoms with Gasteiger partial charge in [0.05, 0.1) is 12.8 Å². The summed E-state index contributed by atoms with van der Waals surface area (Å²) in [5, 5.41) is 3.33. The number of methoxy groups -OCH3 is 1. The summed E-state index contributed by atoms with van der Waals surface area (Å²) >= 11 is 5.96. The molecule has 2 rings (SSSR count). The average Bonchev–Trinajstić information content (AvgIpc) is 2.67. The van der Waals surface area contributed by atoms with E-state index in [1.54, 1.807) is 43.3 Å². The maximum absolute atomic E-state index is 13.5. The molecule has 0 aliphatic carbocycles. The Bertz CT molecular complexity index is 946. The van der Waals surface area contributed by atoms with E-state index in [1.807, 2.05) is 13.8 Å². The van der Waals surface area contributed by atoms with Gasteiger partial charge in [0.2, 0.25) is 5.91 Å². The second kappa shape index (κ2) is 9.98. The molecule has 0 saturated heterocycles. The van der Waals surface area contributed by atoms with Crippen LogP contribution in [0.3, 0.4) is 0 Å². The van der Waals surface area contributed by atoms with E-state index >= 15 is 0 Å². The number of halogens is 1. The summed E-state index contributed by atoms with van der Waals surface area (Å²) in [6.45, 7) is 5.36. The fraction of sp³-hybridized carbons (Fsp3) is 0.381. The fourth-order valence-corrected chi connectivity index (χ4v) is 4.77. The van der Waals surface area contributed by atoms with Crippen molar-refractivity contribution in [2.24, 2.45) is 0 Å². The first-order chi connectivity index (χ1) is 13.7. The molecule has 2 aromatic rings. The number of anilines is 1. The van der Waals surface area contributed by atoms with Gasteiger partial charge >= 0.3 is 0 Å². The van der Waals surface area contributed by atoms with Gasteiger partial charge in [0.1, 0.15) is 17.2 Å². The monoisotopic (exact) mass is 438 g/mol. The number of sulfonamides is 1. The summed E-state index contributed by atoms with van der Waals surface area (Å²) in [4.78, 5) is 12.6. The molecule has 0 unspecified atom stereocenters. The van der Waals surface area contributed by atoms with Gasteiger partial charge in [-0.25, -0.2) is 8.42 Å². The predicted octanol–water partition coefficient (Wildman–Crippen LogP) is 4.16. The molecule has 2 aromatic carbocycles. The number of amides is 1. The van der Waals surface area contributed by atoms with Crippen LogP contribution in [0, 0.1) is 6.92 Å². The molecule has 158 valence electrons. The van der Waals surface area contributed by atoms with Crippen molar-refractivity contribution in [2.45, 2.75) is 44.6 Å². The summed E-state index contributed by atoms with van der Waals surface area (Å²) in [5.74, 6) is -0.162. The number of rotatable bonds is 9. The Balaban J connectivity index is 2.48. The van der Waals surface area contributed by atoms with Gasteiger partial charge in [-0.3, -0.25) is 9.10 Å². The van der Waals surface area contributed by atoms with Crippen molar-refractivity contribution in [3.05, 3.63) is 53.1 Å². The quantitative estimate of drug-likeness (QED) is 0.637. The highest BCUT2D eigenvalue weighted by Crippen LogP contribution is 2.31. The first-order valence-electron chi connectivity index (χ1n) is 9.41. The molecule has 8 heteroatoms. The van der Waals surface area contributed by atoms with Crippen LogP contribution in [0.1, 0.15) is 32.3 Å². The maximum Gasteiger partial charge on any atom is 0.268 e. The minimum absolute atomic E-state index is 0.00403. The van der Waals surface area contributed by atoms with E-state index < -0.39 is 10.0 Å². The molecule has 1 N–H and O–H groups in total. The lowest BCUT2D eigenvalue weighted by Gasteiger charge is -2.26. The summed E-state index contributed by atoms with van der Waals surface area (Å²) in [6.07, 6.45) is 1.73. The summed E-state index contributed by atoms with van der Waals surface area (Å²) in [5.41, 5.74) is 1.11. The molecule has 0 spiro atoms. The van der Waals surface area contributed by atoms with Gasteiger partial charge in [0.15, 0.2) is 0 Å². The average molecular weight is 439 g/mol. The van der Waals surface area contributed by atoms with E-state index in [-0.39, 0.29) is 29.1 Å². The van der Waals surface area contributed by atoms with Gasteiger partial charge in [0, 0.05) is 11.1 Å². The third kappa shape index (κ3) is 5.87. The number of carbonyl (C=O) groups excluding carboxylic acids is 1. The second-order valence-electron chi connectivity index (χ2n) is 6.90. The Labute approximate surface area is 177 Å². The third-order valence-corrected chi connectivity index (χ3v) is 6.47. The van der Waals surface area contributed by atoms with Crippen LogP contribution in [-0.4, -0.2) is 34.0 Å². The molecule has 1 atom stereocenters. The predicted molar refractivity (Wildman–Crippen MR) is 116 cm³/mol. The van der Waals surface area contributed by atoms with Crippen LogP contribution < -0.4 is 14.4 Å². The van der Waals surface area contributed by atoms with Crippen molar-refractivity contribution < 1.29 is 17.9 Å². The number of carbonyl (C=O) groups is 1. The van der Waals surface area contributed by atoms with Gasteiger partial charge < -0.3 is 10.1 Å². The molecule has 0 aliphatic rings. The van der Waals surface area contributed by atoms with Crippen molar-refractivity contribution in [1.29, 1.82) is 0 Å². The Morgan fingerprint density at radius 3 is 2.45 bits per heavy atom. The van der Waals surface area contributed by atoms with Crippen LogP contribution in [0.2, 0.25) is 5.02 Å². The summed E-state index contributed by atoms with van der Waals surface area (Å²) in [6, 6.07) is 11.2. The minimum Gasteiger partial charge on any atom is -0.495 e. The molecule has 0 heterocycles. The number of hydrogen-bond acceptors (Lipinski definition) is 4. The Morgan fingerprint density at radius 1 is 1.21 bits per heavy atom. The first kappa shape index (κ1) is 23.0. The third-order valence-electron chi connectivity index (χ3n) is 4.42. The molecule has 6 nitrogen and oxygen atoms in total. The summed E-state index contributed by atoms with van der Waals surface area (Å²) in [7, 11) is -2.66. The van der Waals surface area contributed by atoms with E-state index in [9.17, 15) is 13.2 Å². The molecule has 0 bridgehead atoms. The normalized spacial score (nSPS) is 12.3. The van der Waals surface area contributed by atoms with Crippen molar-refractivity contribution in [3.63, 3.8) is 0 Å². The van der Waals surface area contributed by atoms with Gasteiger partial charge in [-0.05, 0) is 62.2 Å². The van der Waals surface area contributed by atoms with Crippen LogP contribution in [0.15, 0.2) is 47.4 Å². The minimum atomic E-state index is -4.07. The largest absolute Gasteiger partial charge is 0.495 e. The SMILES string of the molecule is CCC[C@H](C)NC(=O)CN(c1ccc(Cl)cc1)S(=O)(=O)c1cc(C)ccc1OC. The molecule has 0 fully saturated rings. The number of benzene rings is 2. The van der Waals surface area contributed by atoms with Gasteiger partial charge in [-0.15, -0.1) is 0 Å². The maximum atomic E-state index is 13.5. The van der Waals surface area contributed by atoms with E-state index in [0.29, 0.717) is 10.7 Å². The zero-order chi connectivity index (χ0) is 21.6. The number of nitrogens with one attached hydrogen (secondary N) is 1. The number of ether oxygens (including phenoxy) is 1. The zero-order valence-electron chi connectivity index (χ0n) is 17.1. The van der Waals surface area contributed by atoms with Crippen LogP contribution in [0.4, 0.5) is 5.69 Å². The Morgan fingerprint density at radius 2 is 1.86 bits per heavy atom. The lowest BCUT2D eigenvalue weighted by atomic mass is 10.2. The van der Waals surface area contributed by atoms with Crippen LogP contribution in [-0.2, 0) is 14.8 Å². The van der Waals surface area contributed by atoms with Crippen molar-refractivity contribution in [1.82, 2.24) is 5.32 Å². The Kier molecular flexibility index (Phi) is 7.93. The van der Waals surface area contributed by atoms with E-state index in [0.717, 1.165) is 22.7 Å².